The summed E-state index contributed by atoms with van der Waals surface area (Å²) in [5.74, 6) is 1.35. The summed E-state index contributed by atoms with van der Waals surface area (Å²) in [6.07, 6.45) is 0.973. The number of nitrogens with zero attached hydrogens (tertiary/aromatic N) is 1. The fourth-order valence-electron chi connectivity index (χ4n) is 2.46. The molecule has 1 heterocycles. The van der Waals surface area contributed by atoms with Crippen LogP contribution in [0.15, 0.2) is 35.1 Å². The highest BCUT2D eigenvalue weighted by Gasteiger charge is 2.29. The minimum absolute atomic E-state index is 0.0481. The second-order valence-corrected chi connectivity index (χ2v) is 5.17. The van der Waals surface area contributed by atoms with Crippen LogP contribution in [0.5, 0.6) is 0 Å². The van der Waals surface area contributed by atoms with E-state index in [1.807, 2.05) is 6.07 Å². The Morgan fingerprint density at radius 1 is 1.33 bits per heavy atom. The number of fused-ring (bicyclic) bond motifs is 1. The Balaban J connectivity index is 2.03. The molecule has 3 heteroatoms. The normalized spacial score (nSPS) is 17.4. The van der Waals surface area contributed by atoms with Gasteiger partial charge in [-0.1, -0.05) is 38.1 Å². The molecule has 2 aromatic rings. The molecule has 0 saturated carbocycles. The molecule has 92 valence electrons. The first-order chi connectivity index (χ1) is 8.65. The molecular formula is C15H16N2O. The maximum atomic E-state index is 11.7. The summed E-state index contributed by atoms with van der Waals surface area (Å²) in [6.45, 7) is 4.11. The number of hydrogen-bond acceptors (Lipinski definition) is 2. The summed E-state index contributed by atoms with van der Waals surface area (Å²) < 4.78 is 0. The summed E-state index contributed by atoms with van der Waals surface area (Å²) >= 11 is 0. The van der Waals surface area contributed by atoms with Crippen molar-refractivity contribution in [3.05, 3.63) is 63.3 Å². The largest absolute Gasteiger partial charge is 0.310 e. The van der Waals surface area contributed by atoms with Gasteiger partial charge in [-0.2, -0.15) is 0 Å². The molecule has 0 amide bonds. The van der Waals surface area contributed by atoms with E-state index in [0.717, 1.165) is 17.9 Å². The highest BCUT2D eigenvalue weighted by atomic mass is 16.1. The Morgan fingerprint density at radius 2 is 2.11 bits per heavy atom. The molecule has 1 aliphatic carbocycles. The maximum absolute atomic E-state index is 11.7. The highest BCUT2D eigenvalue weighted by molar-refractivity contribution is 5.44. The van der Waals surface area contributed by atoms with E-state index in [4.69, 9.17) is 0 Å². The number of aromatic amines is 1. The second-order valence-electron chi connectivity index (χ2n) is 5.17. The first-order valence-electron chi connectivity index (χ1n) is 6.34. The van der Waals surface area contributed by atoms with Crippen molar-refractivity contribution in [2.24, 2.45) is 0 Å². The lowest BCUT2D eigenvalue weighted by Gasteiger charge is -2.29. The van der Waals surface area contributed by atoms with Gasteiger partial charge in [0.15, 0.2) is 0 Å². The third kappa shape index (κ3) is 1.76. The van der Waals surface area contributed by atoms with E-state index in [1.165, 1.54) is 11.1 Å². The van der Waals surface area contributed by atoms with Gasteiger partial charge >= 0.3 is 0 Å². The Labute approximate surface area is 106 Å². The van der Waals surface area contributed by atoms with Crippen molar-refractivity contribution in [3.8, 4) is 0 Å². The number of rotatable bonds is 2. The lowest BCUT2D eigenvalue weighted by molar-refractivity contribution is 0.642. The van der Waals surface area contributed by atoms with E-state index in [0.29, 0.717) is 0 Å². The SMILES string of the molecule is CC(C)c1cc(=O)[nH]c(C2Cc3ccccc32)n1. The molecule has 1 aromatic carbocycles. The number of hydrogen-bond donors (Lipinski definition) is 1. The van der Waals surface area contributed by atoms with Crippen molar-refractivity contribution in [2.75, 3.05) is 0 Å². The number of aromatic nitrogens is 2. The van der Waals surface area contributed by atoms with Gasteiger partial charge in [-0.3, -0.25) is 4.79 Å². The molecule has 0 aliphatic heterocycles. The van der Waals surface area contributed by atoms with E-state index in [-0.39, 0.29) is 17.4 Å². The van der Waals surface area contributed by atoms with Crippen molar-refractivity contribution < 1.29 is 0 Å². The fraction of sp³-hybridized carbons (Fsp3) is 0.333. The third-order valence-electron chi connectivity index (χ3n) is 3.56. The lowest BCUT2D eigenvalue weighted by atomic mass is 9.77. The van der Waals surface area contributed by atoms with Crippen LogP contribution in [-0.2, 0) is 6.42 Å². The van der Waals surface area contributed by atoms with Crippen LogP contribution in [0.3, 0.4) is 0 Å². The first-order valence-corrected chi connectivity index (χ1v) is 6.34. The van der Waals surface area contributed by atoms with E-state index < -0.39 is 0 Å². The van der Waals surface area contributed by atoms with E-state index >= 15 is 0 Å². The monoisotopic (exact) mass is 240 g/mol. The molecule has 0 fully saturated rings. The van der Waals surface area contributed by atoms with Gasteiger partial charge in [-0.05, 0) is 23.5 Å². The van der Waals surface area contributed by atoms with Crippen LogP contribution in [0.4, 0.5) is 0 Å². The van der Waals surface area contributed by atoms with Gasteiger partial charge < -0.3 is 4.98 Å². The van der Waals surface area contributed by atoms with Gasteiger partial charge in [0.25, 0.3) is 5.56 Å². The Hall–Kier alpha value is -1.90. The number of benzene rings is 1. The van der Waals surface area contributed by atoms with Crippen LogP contribution in [0.1, 0.15) is 48.3 Å². The maximum Gasteiger partial charge on any atom is 0.251 e. The van der Waals surface area contributed by atoms with Crippen LogP contribution in [0.25, 0.3) is 0 Å². The van der Waals surface area contributed by atoms with Gasteiger partial charge in [0.05, 0.1) is 5.69 Å². The fourth-order valence-corrected chi connectivity index (χ4v) is 2.46. The molecule has 1 aliphatic rings. The predicted molar refractivity (Wildman–Crippen MR) is 70.9 cm³/mol. The molecule has 3 nitrogen and oxygen atoms in total. The van der Waals surface area contributed by atoms with Gasteiger partial charge in [0.1, 0.15) is 5.82 Å². The predicted octanol–water partition coefficient (Wildman–Crippen LogP) is 2.58. The molecule has 1 aromatic heterocycles. The molecule has 1 N–H and O–H groups in total. The lowest BCUT2D eigenvalue weighted by Crippen LogP contribution is -2.24. The molecule has 1 atom stereocenters. The van der Waals surface area contributed by atoms with E-state index in [2.05, 4.69) is 42.0 Å². The van der Waals surface area contributed by atoms with Gasteiger partial charge in [0.2, 0.25) is 0 Å². The quantitative estimate of drug-likeness (QED) is 0.877. The average molecular weight is 240 g/mol. The minimum Gasteiger partial charge on any atom is -0.310 e. The Kier molecular flexibility index (Phi) is 2.54. The Bertz CT molecular complexity index is 643. The van der Waals surface area contributed by atoms with Crippen molar-refractivity contribution >= 4 is 0 Å². The topological polar surface area (TPSA) is 45.8 Å². The van der Waals surface area contributed by atoms with E-state index in [9.17, 15) is 4.79 Å². The van der Waals surface area contributed by atoms with Crippen LogP contribution < -0.4 is 5.56 Å². The van der Waals surface area contributed by atoms with Crippen molar-refractivity contribution in [1.82, 2.24) is 9.97 Å². The standard InChI is InChI=1S/C15H16N2O/c1-9(2)13-8-14(18)17-15(16-13)12-7-10-5-3-4-6-11(10)12/h3-6,8-9,12H,7H2,1-2H3,(H,16,17,18). The Morgan fingerprint density at radius 3 is 2.83 bits per heavy atom. The minimum atomic E-state index is -0.0481. The summed E-state index contributed by atoms with van der Waals surface area (Å²) in [7, 11) is 0. The van der Waals surface area contributed by atoms with Gasteiger partial charge in [-0.15, -0.1) is 0 Å². The second kappa shape index (κ2) is 4.09. The molecule has 1 unspecified atom stereocenters. The average Bonchev–Trinajstić information content (AvgIpc) is 2.30. The van der Waals surface area contributed by atoms with Gasteiger partial charge in [-0.25, -0.2) is 4.98 Å². The van der Waals surface area contributed by atoms with Crippen molar-refractivity contribution in [3.63, 3.8) is 0 Å². The number of nitrogens with one attached hydrogen (secondary N) is 1. The summed E-state index contributed by atoms with van der Waals surface area (Å²) in [5, 5.41) is 0. The van der Waals surface area contributed by atoms with Crippen LogP contribution in [0.2, 0.25) is 0 Å². The summed E-state index contributed by atoms with van der Waals surface area (Å²) in [6, 6.07) is 9.94. The smallest absolute Gasteiger partial charge is 0.251 e. The molecule has 0 saturated heterocycles. The first kappa shape index (κ1) is 11.2. The summed E-state index contributed by atoms with van der Waals surface area (Å²) in [5.41, 5.74) is 3.48. The third-order valence-corrected chi connectivity index (χ3v) is 3.56. The zero-order chi connectivity index (χ0) is 12.7. The molecule has 0 radical (unpaired) electrons. The number of H-pyrrole nitrogens is 1. The highest BCUT2D eigenvalue weighted by Crippen LogP contribution is 2.38. The van der Waals surface area contributed by atoms with Crippen molar-refractivity contribution in [1.29, 1.82) is 0 Å². The molecule has 18 heavy (non-hydrogen) atoms. The van der Waals surface area contributed by atoms with E-state index in [1.54, 1.807) is 6.07 Å². The molecule has 0 bridgehead atoms. The van der Waals surface area contributed by atoms with Crippen LogP contribution >= 0.6 is 0 Å². The van der Waals surface area contributed by atoms with Crippen LogP contribution in [0, 0.1) is 0 Å². The van der Waals surface area contributed by atoms with Gasteiger partial charge in [0, 0.05) is 12.0 Å². The van der Waals surface area contributed by atoms with Crippen molar-refractivity contribution in [2.45, 2.75) is 32.1 Å². The molecule has 3 rings (SSSR count). The summed E-state index contributed by atoms with van der Waals surface area (Å²) in [4.78, 5) is 19.2. The molecular weight excluding hydrogens is 224 g/mol. The molecule has 0 spiro atoms. The zero-order valence-corrected chi connectivity index (χ0v) is 10.6. The van der Waals surface area contributed by atoms with Crippen LogP contribution in [-0.4, -0.2) is 9.97 Å². The zero-order valence-electron chi connectivity index (χ0n) is 10.6.